The molecule has 0 aliphatic carbocycles. The summed E-state index contributed by atoms with van der Waals surface area (Å²) >= 11 is 0. The molecule has 1 unspecified atom stereocenters. The first-order chi connectivity index (χ1) is 8.39. The van der Waals surface area contributed by atoms with Gasteiger partial charge in [-0.25, -0.2) is 9.79 Å². The minimum atomic E-state index is -4.54. The van der Waals surface area contributed by atoms with Gasteiger partial charge in [-0.1, -0.05) is 12.1 Å². The fraction of sp³-hybridized carbons (Fsp3) is 0.273. The monoisotopic (exact) mass is 259 g/mol. The number of carboxylic acid groups (broad SMARTS) is 1. The summed E-state index contributed by atoms with van der Waals surface area (Å²) in [4.78, 5) is 14.3. The van der Waals surface area contributed by atoms with Crippen molar-refractivity contribution in [1.82, 2.24) is 0 Å². The molecule has 0 spiro atoms. The largest absolute Gasteiger partial charge is 0.480 e. The van der Waals surface area contributed by atoms with Gasteiger partial charge in [0.2, 0.25) is 5.90 Å². The number of hydrogen-bond donors (Lipinski definition) is 1. The van der Waals surface area contributed by atoms with Crippen LogP contribution in [0.3, 0.4) is 0 Å². The van der Waals surface area contributed by atoms with Crippen molar-refractivity contribution in [3.63, 3.8) is 0 Å². The summed E-state index contributed by atoms with van der Waals surface area (Å²) in [6.07, 6.45) is -4.54. The third kappa shape index (κ3) is 2.29. The molecule has 0 amide bonds. The topological polar surface area (TPSA) is 58.9 Å². The fourth-order valence-electron chi connectivity index (χ4n) is 1.56. The summed E-state index contributed by atoms with van der Waals surface area (Å²) < 4.78 is 43.1. The number of alkyl halides is 3. The van der Waals surface area contributed by atoms with E-state index in [0.29, 0.717) is 0 Å². The molecule has 18 heavy (non-hydrogen) atoms. The molecule has 0 saturated heterocycles. The molecule has 1 N–H and O–H groups in total. The highest BCUT2D eigenvalue weighted by Crippen LogP contribution is 2.33. The van der Waals surface area contributed by atoms with Crippen LogP contribution in [0.5, 0.6) is 0 Å². The maximum Gasteiger partial charge on any atom is 0.417 e. The second kappa shape index (κ2) is 4.32. The smallest absolute Gasteiger partial charge is 0.417 e. The molecule has 0 radical (unpaired) electrons. The van der Waals surface area contributed by atoms with E-state index in [1.165, 1.54) is 18.2 Å². The number of rotatable bonds is 2. The van der Waals surface area contributed by atoms with Crippen molar-refractivity contribution in [2.75, 3.05) is 6.61 Å². The van der Waals surface area contributed by atoms with Gasteiger partial charge in [0.25, 0.3) is 0 Å². The lowest BCUT2D eigenvalue weighted by molar-refractivity contribution is -0.139. The van der Waals surface area contributed by atoms with E-state index in [0.717, 1.165) is 6.07 Å². The van der Waals surface area contributed by atoms with Crippen molar-refractivity contribution >= 4 is 11.9 Å². The van der Waals surface area contributed by atoms with E-state index in [-0.39, 0.29) is 18.1 Å². The van der Waals surface area contributed by atoms with Crippen LogP contribution in [-0.4, -0.2) is 29.6 Å². The first-order valence-electron chi connectivity index (χ1n) is 4.99. The van der Waals surface area contributed by atoms with Gasteiger partial charge < -0.3 is 9.84 Å². The Morgan fingerprint density at radius 3 is 2.61 bits per heavy atom. The average molecular weight is 259 g/mol. The summed E-state index contributed by atoms with van der Waals surface area (Å²) in [7, 11) is 0. The minimum absolute atomic E-state index is 0.242. The van der Waals surface area contributed by atoms with Crippen molar-refractivity contribution < 1.29 is 27.8 Å². The molecule has 7 heteroatoms. The van der Waals surface area contributed by atoms with Crippen LogP contribution in [-0.2, 0) is 15.7 Å². The highest BCUT2D eigenvalue weighted by Gasteiger charge is 2.36. The molecule has 1 aliphatic heterocycles. The second-order valence-electron chi connectivity index (χ2n) is 3.64. The van der Waals surface area contributed by atoms with Crippen LogP contribution in [0.15, 0.2) is 29.3 Å². The number of benzene rings is 1. The van der Waals surface area contributed by atoms with Crippen molar-refractivity contribution in [3.05, 3.63) is 35.4 Å². The molecule has 96 valence electrons. The normalized spacial score (nSPS) is 19.3. The molecule has 1 atom stereocenters. The summed E-state index contributed by atoms with van der Waals surface area (Å²) in [6.45, 7) is -0.253. The van der Waals surface area contributed by atoms with E-state index >= 15 is 0 Å². The van der Waals surface area contributed by atoms with Gasteiger partial charge in [0.05, 0.1) is 5.56 Å². The molecule has 1 heterocycles. The lowest BCUT2D eigenvalue weighted by Crippen LogP contribution is -2.18. The van der Waals surface area contributed by atoms with Gasteiger partial charge in [-0.05, 0) is 12.1 Å². The predicted molar refractivity (Wildman–Crippen MR) is 55.4 cm³/mol. The standard InChI is InChI=1S/C11H8F3NO3/c12-11(13,14)7-4-2-1-3-6(7)9-15-8(5-18-9)10(16)17/h1-4,8H,5H2,(H,16,17). The van der Waals surface area contributed by atoms with Crippen molar-refractivity contribution in [1.29, 1.82) is 0 Å². The molecule has 4 nitrogen and oxygen atoms in total. The Balaban J connectivity index is 2.41. The van der Waals surface area contributed by atoms with Gasteiger partial charge in [-0.3, -0.25) is 0 Å². The van der Waals surface area contributed by atoms with Gasteiger partial charge in [0.15, 0.2) is 6.04 Å². The Bertz CT molecular complexity index is 511. The van der Waals surface area contributed by atoms with Crippen LogP contribution in [0.1, 0.15) is 11.1 Å². The molecule has 2 rings (SSSR count). The average Bonchev–Trinajstić information content (AvgIpc) is 2.77. The Labute approximate surface area is 99.7 Å². The van der Waals surface area contributed by atoms with E-state index in [4.69, 9.17) is 9.84 Å². The number of carbonyl (C=O) groups is 1. The van der Waals surface area contributed by atoms with Gasteiger partial charge in [-0.2, -0.15) is 13.2 Å². The number of carboxylic acids is 1. The summed E-state index contributed by atoms with van der Waals surface area (Å²) in [6, 6.07) is 3.60. The zero-order valence-electron chi connectivity index (χ0n) is 8.94. The van der Waals surface area contributed by atoms with Crippen LogP contribution in [0.4, 0.5) is 13.2 Å². The number of halogens is 3. The molecule has 1 aromatic carbocycles. The lowest BCUT2D eigenvalue weighted by Gasteiger charge is -2.11. The minimum Gasteiger partial charge on any atom is -0.480 e. The molecule has 1 aromatic rings. The lowest BCUT2D eigenvalue weighted by atomic mass is 10.1. The third-order valence-corrected chi connectivity index (χ3v) is 2.40. The molecule has 0 bridgehead atoms. The van der Waals surface area contributed by atoms with Gasteiger partial charge >= 0.3 is 12.1 Å². The highest BCUT2D eigenvalue weighted by molar-refractivity contribution is 5.98. The number of aliphatic carboxylic acids is 1. The Morgan fingerprint density at radius 1 is 1.39 bits per heavy atom. The third-order valence-electron chi connectivity index (χ3n) is 2.40. The van der Waals surface area contributed by atoms with Crippen LogP contribution in [0.2, 0.25) is 0 Å². The fourth-order valence-corrected chi connectivity index (χ4v) is 1.56. The quantitative estimate of drug-likeness (QED) is 0.882. The Morgan fingerprint density at radius 2 is 2.06 bits per heavy atom. The summed E-state index contributed by atoms with van der Waals surface area (Å²) in [5.41, 5.74) is -1.14. The Kier molecular flexibility index (Phi) is 2.98. The van der Waals surface area contributed by atoms with Crippen LogP contribution in [0, 0.1) is 0 Å². The number of nitrogens with zero attached hydrogens (tertiary/aromatic N) is 1. The van der Waals surface area contributed by atoms with Crippen molar-refractivity contribution in [2.45, 2.75) is 12.2 Å². The number of hydrogen-bond acceptors (Lipinski definition) is 3. The molecule has 0 fully saturated rings. The van der Waals surface area contributed by atoms with Gasteiger partial charge in [0, 0.05) is 5.56 Å². The van der Waals surface area contributed by atoms with Crippen LogP contribution >= 0.6 is 0 Å². The van der Waals surface area contributed by atoms with Crippen LogP contribution in [0.25, 0.3) is 0 Å². The van der Waals surface area contributed by atoms with Gasteiger partial charge in [-0.15, -0.1) is 0 Å². The molecular formula is C11H8F3NO3. The van der Waals surface area contributed by atoms with E-state index in [9.17, 15) is 18.0 Å². The van der Waals surface area contributed by atoms with E-state index in [1.807, 2.05) is 0 Å². The number of aliphatic imine (C=N–C) groups is 1. The zero-order chi connectivity index (χ0) is 13.3. The van der Waals surface area contributed by atoms with E-state index < -0.39 is 23.8 Å². The van der Waals surface area contributed by atoms with Gasteiger partial charge in [0.1, 0.15) is 6.61 Å². The van der Waals surface area contributed by atoms with Crippen molar-refractivity contribution in [3.8, 4) is 0 Å². The number of ether oxygens (including phenoxy) is 1. The summed E-state index contributed by atoms with van der Waals surface area (Å²) in [5, 5.41) is 8.70. The first kappa shape index (κ1) is 12.4. The first-order valence-corrected chi connectivity index (χ1v) is 4.99. The molecule has 0 aromatic heterocycles. The van der Waals surface area contributed by atoms with Crippen LogP contribution < -0.4 is 0 Å². The van der Waals surface area contributed by atoms with E-state index in [1.54, 1.807) is 0 Å². The molecule has 0 saturated carbocycles. The maximum atomic E-state index is 12.7. The Hall–Kier alpha value is -2.05. The SMILES string of the molecule is O=C(O)C1COC(c2ccccc2C(F)(F)F)=N1. The molecular weight excluding hydrogens is 251 g/mol. The summed E-state index contributed by atoms with van der Waals surface area (Å²) in [5.74, 6) is -1.51. The van der Waals surface area contributed by atoms with E-state index in [2.05, 4.69) is 4.99 Å². The zero-order valence-corrected chi connectivity index (χ0v) is 8.94. The molecule has 1 aliphatic rings. The predicted octanol–water partition coefficient (Wildman–Crippen LogP) is 1.94. The highest BCUT2D eigenvalue weighted by atomic mass is 19.4. The second-order valence-corrected chi connectivity index (χ2v) is 3.64. The maximum absolute atomic E-state index is 12.7. The van der Waals surface area contributed by atoms with Crippen molar-refractivity contribution in [2.24, 2.45) is 4.99 Å².